The van der Waals surface area contributed by atoms with Crippen LogP contribution < -0.4 is 5.73 Å². The lowest BCUT2D eigenvalue weighted by molar-refractivity contribution is -0.385. The van der Waals surface area contributed by atoms with E-state index in [-0.39, 0.29) is 12.5 Å². The molecule has 0 spiro atoms. The van der Waals surface area contributed by atoms with Crippen LogP contribution in [-0.2, 0) is 10.0 Å². The van der Waals surface area contributed by atoms with Gasteiger partial charge in [0.1, 0.15) is 10.7 Å². The Balaban J connectivity index is 2.33. The number of rotatable bonds is 4. The van der Waals surface area contributed by atoms with Crippen molar-refractivity contribution in [1.29, 1.82) is 0 Å². The van der Waals surface area contributed by atoms with Gasteiger partial charge in [-0.1, -0.05) is 0 Å². The Kier molecular flexibility index (Phi) is 4.55. The summed E-state index contributed by atoms with van der Waals surface area (Å²) >= 11 is 0. The van der Waals surface area contributed by atoms with Gasteiger partial charge in [-0.05, 0) is 31.4 Å². The molecule has 0 saturated carbocycles. The lowest BCUT2D eigenvalue weighted by Gasteiger charge is -2.31. The van der Waals surface area contributed by atoms with Crippen LogP contribution in [0.2, 0.25) is 0 Å². The highest BCUT2D eigenvalue weighted by Crippen LogP contribution is 2.26. The monoisotopic (exact) mass is 317 g/mol. The van der Waals surface area contributed by atoms with Crippen LogP contribution in [0.4, 0.5) is 10.1 Å². The van der Waals surface area contributed by atoms with Crippen molar-refractivity contribution >= 4 is 15.7 Å². The lowest BCUT2D eigenvalue weighted by atomic mass is 10.0. The van der Waals surface area contributed by atoms with Crippen LogP contribution in [0, 0.1) is 21.8 Å². The van der Waals surface area contributed by atoms with E-state index in [0.717, 1.165) is 18.6 Å². The highest BCUT2D eigenvalue weighted by molar-refractivity contribution is 7.89. The van der Waals surface area contributed by atoms with E-state index in [2.05, 4.69) is 0 Å². The number of hydrogen-bond donors (Lipinski definition) is 1. The SMILES string of the molecule is NCC1CCCN(S(=O)(=O)c2ccc([N+](=O)[O-])cc2F)C1. The van der Waals surface area contributed by atoms with Crippen LogP contribution in [0.3, 0.4) is 0 Å². The fraction of sp³-hybridized carbons (Fsp3) is 0.500. The molecular weight excluding hydrogens is 301 g/mol. The molecule has 1 saturated heterocycles. The number of piperidine rings is 1. The average molecular weight is 317 g/mol. The molecule has 2 rings (SSSR count). The lowest BCUT2D eigenvalue weighted by Crippen LogP contribution is -2.42. The van der Waals surface area contributed by atoms with Gasteiger partial charge in [-0.3, -0.25) is 10.1 Å². The quantitative estimate of drug-likeness (QED) is 0.661. The van der Waals surface area contributed by atoms with Gasteiger partial charge in [-0.25, -0.2) is 12.8 Å². The Labute approximate surface area is 121 Å². The van der Waals surface area contributed by atoms with Crippen molar-refractivity contribution in [3.05, 3.63) is 34.1 Å². The molecule has 1 atom stereocenters. The largest absolute Gasteiger partial charge is 0.330 e. The first-order chi connectivity index (χ1) is 9.86. The molecule has 1 fully saturated rings. The van der Waals surface area contributed by atoms with E-state index < -0.39 is 31.3 Å². The van der Waals surface area contributed by atoms with Crippen LogP contribution in [0.25, 0.3) is 0 Å². The van der Waals surface area contributed by atoms with Crippen molar-refractivity contribution in [2.24, 2.45) is 11.7 Å². The smallest absolute Gasteiger partial charge is 0.272 e. The van der Waals surface area contributed by atoms with Crippen LogP contribution >= 0.6 is 0 Å². The summed E-state index contributed by atoms with van der Waals surface area (Å²) in [5.41, 5.74) is 5.08. The van der Waals surface area contributed by atoms with Crippen molar-refractivity contribution in [3.8, 4) is 0 Å². The van der Waals surface area contributed by atoms with E-state index in [4.69, 9.17) is 5.73 Å². The van der Waals surface area contributed by atoms with Crippen LogP contribution in [0.15, 0.2) is 23.1 Å². The van der Waals surface area contributed by atoms with Gasteiger partial charge in [0.2, 0.25) is 10.0 Å². The number of sulfonamides is 1. The van der Waals surface area contributed by atoms with E-state index in [1.807, 2.05) is 0 Å². The molecule has 7 nitrogen and oxygen atoms in total. The van der Waals surface area contributed by atoms with Crippen LogP contribution in [0.1, 0.15) is 12.8 Å². The molecule has 116 valence electrons. The maximum absolute atomic E-state index is 13.9. The van der Waals surface area contributed by atoms with E-state index in [0.29, 0.717) is 25.6 Å². The maximum atomic E-state index is 13.9. The number of benzene rings is 1. The molecule has 0 amide bonds. The number of nitro groups is 1. The fourth-order valence-electron chi connectivity index (χ4n) is 2.39. The van der Waals surface area contributed by atoms with Crippen LogP contribution in [0.5, 0.6) is 0 Å². The number of halogens is 1. The van der Waals surface area contributed by atoms with Gasteiger partial charge in [0, 0.05) is 19.2 Å². The highest BCUT2D eigenvalue weighted by atomic mass is 32.2. The summed E-state index contributed by atoms with van der Waals surface area (Å²) in [6.45, 7) is 0.916. The molecule has 0 radical (unpaired) electrons. The Morgan fingerprint density at radius 2 is 2.19 bits per heavy atom. The van der Waals surface area contributed by atoms with Gasteiger partial charge < -0.3 is 5.73 Å². The zero-order valence-electron chi connectivity index (χ0n) is 11.2. The number of nitro benzene ring substituents is 1. The second-order valence-corrected chi connectivity index (χ2v) is 6.89. The zero-order chi connectivity index (χ0) is 15.6. The third-order valence-electron chi connectivity index (χ3n) is 3.56. The number of nitrogens with zero attached hydrogens (tertiary/aromatic N) is 2. The maximum Gasteiger partial charge on any atom is 0.272 e. The molecule has 0 aromatic heterocycles. The molecule has 0 aliphatic carbocycles. The van der Waals surface area contributed by atoms with Crippen molar-refractivity contribution in [1.82, 2.24) is 4.31 Å². The summed E-state index contributed by atoms with van der Waals surface area (Å²) in [6, 6.07) is 2.55. The first kappa shape index (κ1) is 15.8. The third kappa shape index (κ3) is 3.20. The second kappa shape index (κ2) is 6.04. The molecule has 1 aromatic carbocycles. The normalized spacial score (nSPS) is 20.4. The molecule has 1 aliphatic rings. The Bertz CT molecular complexity index is 650. The van der Waals surface area contributed by atoms with Crippen LogP contribution in [-0.4, -0.2) is 37.3 Å². The second-order valence-electron chi connectivity index (χ2n) is 4.98. The number of non-ortho nitro benzene ring substituents is 1. The summed E-state index contributed by atoms with van der Waals surface area (Å²) in [7, 11) is -4.00. The Morgan fingerprint density at radius 3 is 2.76 bits per heavy atom. The average Bonchev–Trinajstić information content (AvgIpc) is 2.46. The topological polar surface area (TPSA) is 107 Å². The predicted molar refractivity (Wildman–Crippen MR) is 73.6 cm³/mol. The summed E-state index contributed by atoms with van der Waals surface area (Å²) in [5, 5.41) is 10.6. The van der Waals surface area contributed by atoms with Gasteiger partial charge in [0.15, 0.2) is 0 Å². The molecule has 2 N–H and O–H groups in total. The fourth-order valence-corrected chi connectivity index (χ4v) is 3.99. The van der Waals surface area contributed by atoms with Gasteiger partial charge >= 0.3 is 0 Å². The molecule has 0 bridgehead atoms. The number of hydrogen-bond acceptors (Lipinski definition) is 5. The van der Waals surface area contributed by atoms with Crippen molar-refractivity contribution < 1.29 is 17.7 Å². The standard InChI is InChI=1S/C12H16FN3O4S/c13-11-6-10(16(17)18)3-4-12(11)21(19,20)15-5-1-2-9(7-14)8-15/h3-4,6,9H,1-2,5,7-8,14H2. The summed E-state index contributed by atoms with van der Waals surface area (Å²) in [6.07, 6.45) is 1.50. The van der Waals surface area contributed by atoms with Gasteiger partial charge in [-0.2, -0.15) is 4.31 Å². The molecule has 1 aliphatic heterocycles. The molecular formula is C12H16FN3O4S. The summed E-state index contributed by atoms with van der Waals surface area (Å²) in [5.74, 6) is -1.06. The highest BCUT2D eigenvalue weighted by Gasteiger charge is 2.32. The van der Waals surface area contributed by atoms with Crippen molar-refractivity contribution in [3.63, 3.8) is 0 Å². The summed E-state index contributed by atoms with van der Waals surface area (Å²) < 4.78 is 39.9. The molecule has 21 heavy (non-hydrogen) atoms. The summed E-state index contributed by atoms with van der Waals surface area (Å²) in [4.78, 5) is 9.25. The zero-order valence-corrected chi connectivity index (χ0v) is 12.1. The van der Waals surface area contributed by atoms with E-state index in [9.17, 15) is 22.9 Å². The van der Waals surface area contributed by atoms with Gasteiger partial charge in [0.25, 0.3) is 5.69 Å². The Morgan fingerprint density at radius 1 is 1.48 bits per heavy atom. The first-order valence-corrected chi connectivity index (χ1v) is 7.94. The first-order valence-electron chi connectivity index (χ1n) is 6.50. The molecule has 9 heteroatoms. The minimum atomic E-state index is -4.00. The van der Waals surface area contributed by atoms with E-state index >= 15 is 0 Å². The van der Waals surface area contributed by atoms with Crippen molar-refractivity contribution in [2.75, 3.05) is 19.6 Å². The minimum absolute atomic E-state index is 0.0506. The van der Waals surface area contributed by atoms with E-state index in [1.165, 1.54) is 4.31 Å². The van der Waals surface area contributed by atoms with Gasteiger partial charge in [-0.15, -0.1) is 0 Å². The number of nitrogens with two attached hydrogens (primary N) is 1. The predicted octanol–water partition coefficient (Wildman–Crippen LogP) is 1.09. The minimum Gasteiger partial charge on any atom is -0.330 e. The van der Waals surface area contributed by atoms with E-state index in [1.54, 1.807) is 0 Å². The molecule has 1 unspecified atom stereocenters. The molecule has 1 heterocycles. The van der Waals surface area contributed by atoms with Gasteiger partial charge in [0.05, 0.1) is 11.0 Å². The molecule has 1 aromatic rings. The third-order valence-corrected chi connectivity index (χ3v) is 5.46. The Hall–Kier alpha value is -1.58. The van der Waals surface area contributed by atoms with Crippen molar-refractivity contribution in [2.45, 2.75) is 17.7 Å².